The van der Waals surface area contributed by atoms with Crippen LogP contribution in [0.1, 0.15) is 45.3 Å². The van der Waals surface area contributed by atoms with Crippen molar-refractivity contribution in [1.29, 1.82) is 0 Å². The standard InChI is InChI=1S/C16H23N3/c1-4-12(3)10-15(17-5-2)16-11-18-13-8-6-7-9-14(13)19-16/h6-9,11-12,15,17H,4-5,10H2,1-3H3. The van der Waals surface area contributed by atoms with Crippen LogP contribution < -0.4 is 5.32 Å². The number of nitrogens with zero attached hydrogens (tertiary/aromatic N) is 2. The zero-order chi connectivity index (χ0) is 13.7. The van der Waals surface area contributed by atoms with Crippen LogP contribution in [0.5, 0.6) is 0 Å². The number of benzene rings is 1. The minimum absolute atomic E-state index is 0.303. The van der Waals surface area contributed by atoms with Crippen molar-refractivity contribution in [1.82, 2.24) is 15.3 Å². The smallest absolute Gasteiger partial charge is 0.0890 e. The summed E-state index contributed by atoms with van der Waals surface area (Å²) >= 11 is 0. The number of hydrogen-bond donors (Lipinski definition) is 1. The highest BCUT2D eigenvalue weighted by molar-refractivity contribution is 5.73. The summed E-state index contributed by atoms with van der Waals surface area (Å²) < 4.78 is 0. The highest BCUT2D eigenvalue weighted by Gasteiger charge is 2.15. The van der Waals surface area contributed by atoms with Crippen LogP contribution in [0.2, 0.25) is 0 Å². The van der Waals surface area contributed by atoms with Crippen LogP contribution in [0.4, 0.5) is 0 Å². The van der Waals surface area contributed by atoms with E-state index < -0.39 is 0 Å². The normalized spacial score (nSPS) is 14.5. The van der Waals surface area contributed by atoms with Crippen molar-refractivity contribution in [3.63, 3.8) is 0 Å². The summed E-state index contributed by atoms with van der Waals surface area (Å²) in [6.45, 7) is 7.62. The lowest BCUT2D eigenvalue weighted by atomic mass is 9.97. The van der Waals surface area contributed by atoms with Crippen LogP contribution in [0.25, 0.3) is 11.0 Å². The fraction of sp³-hybridized carbons (Fsp3) is 0.500. The summed E-state index contributed by atoms with van der Waals surface area (Å²) in [5.74, 6) is 0.692. The minimum Gasteiger partial charge on any atom is -0.309 e. The molecular weight excluding hydrogens is 234 g/mol. The summed E-state index contributed by atoms with van der Waals surface area (Å²) in [4.78, 5) is 9.27. The van der Waals surface area contributed by atoms with Crippen LogP contribution in [-0.4, -0.2) is 16.5 Å². The third-order valence-electron chi connectivity index (χ3n) is 3.61. The monoisotopic (exact) mass is 257 g/mol. The predicted octanol–water partition coefficient (Wildman–Crippen LogP) is 3.72. The number of fused-ring (bicyclic) bond motifs is 1. The number of rotatable bonds is 6. The maximum absolute atomic E-state index is 4.76. The molecule has 2 atom stereocenters. The fourth-order valence-electron chi connectivity index (χ4n) is 2.26. The molecule has 3 nitrogen and oxygen atoms in total. The first-order valence-electron chi connectivity index (χ1n) is 7.19. The molecule has 0 amide bonds. The van der Waals surface area contributed by atoms with E-state index in [0.717, 1.165) is 29.7 Å². The quantitative estimate of drug-likeness (QED) is 0.857. The molecule has 2 rings (SSSR count). The van der Waals surface area contributed by atoms with E-state index in [-0.39, 0.29) is 0 Å². The number of para-hydroxylation sites is 2. The average molecular weight is 257 g/mol. The molecule has 0 radical (unpaired) electrons. The molecule has 2 aromatic rings. The lowest BCUT2D eigenvalue weighted by Crippen LogP contribution is -2.24. The molecule has 1 heterocycles. The molecule has 1 aromatic heterocycles. The van der Waals surface area contributed by atoms with Gasteiger partial charge >= 0.3 is 0 Å². The van der Waals surface area contributed by atoms with E-state index in [1.807, 2.05) is 30.5 Å². The summed E-state index contributed by atoms with van der Waals surface area (Å²) in [5, 5.41) is 3.53. The van der Waals surface area contributed by atoms with Gasteiger partial charge in [0, 0.05) is 0 Å². The van der Waals surface area contributed by atoms with Crippen molar-refractivity contribution < 1.29 is 0 Å². The number of hydrogen-bond acceptors (Lipinski definition) is 3. The second-order valence-electron chi connectivity index (χ2n) is 5.14. The maximum Gasteiger partial charge on any atom is 0.0890 e. The van der Waals surface area contributed by atoms with E-state index >= 15 is 0 Å². The Hall–Kier alpha value is -1.48. The van der Waals surface area contributed by atoms with E-state index in [2.05, 4.69) is 31.1 Å². The Morgan fingerprint density at radius 1 is 1.16 bits per heavy atom. The second-order valence-corrected chi connectivity index (χ2v) is 5.14. The first-order chi connectivity index (χ1) is 9.24. The first kappa shape index (κ1) is 13.9. The van der Waals surface area contributed by atoms with Gasteiger partial charge in [-0.25, -0.2) is 4.98 Å². The average Bonchev–Trinajstić information content (AvgIpc) is 2.46. The summed E-state index contributed by atoms with van der Waals surface area (Å²) in [6.07, 6.45) is 4.22. The molecule has 0 fully saturated rings. The van der Waals surface area contributed by atoms with Gasteiger partial charge in [-0.05, 0) is 31.0 Å². The molecule has 19 heavy (non-hydrogen) atoms. The Labute approximate surface area is 115 Å². The van der Waals surface area contributed by atoms with Crippen molar-refractivity contribution in [2.75, 3.05) is 6.54 Å². The van der Waals surface area contributed by atoms with E-state index in [4.69, 9.17) is 4.98 Å². The molecule has 0 saturated carbocycles. The van der Waals surface area contributed by atoms with Crippen LogP contribution >= 0.6 is 0 Å². The van der Waals surface area contributed by atoms with E-state index in [0.29, 0.717) is 12.0 Å². The molecule has 0 bridgehead atoms. The van der Waals surface area contributed by atoms with Gasteiger partial charge in [0.1, 0.15) is 0 Å². The van der Waals surface area contributed by atoms with Crippen molar-refractivity contribution >= 4 is 11.0 Å². The first-order valence-corrected chi connectivity index (χ1v) is 7.19. The topological polar surface area (TPSA) is 37.8 Å². The van der Waals surface area contributed by atoms with Crippen LogP contribution in [0, 0.1) is 5.92 Å². The molecule has 2 unspecified atom stereocenters. The zero-order valence-corrected chi connectivity index (χ0v) is 12.1. The third-order valence-corrected chi connectivity index (χ3v) is 3.61. The van der Waals surface area contributed by atoms with Gasteiger partial charge < -0.3 is 5.32 Å². The van der Waals surface area contributed by atoms with Gasteiger partial charge in [-0.15, -0.1) is 0 Å². The van der Waals surface area contributed by atoms with Gasteiger partial charge in [-0.3, -0.25) is 4.98 Å². The number of aromatic nitrogens is 2. The third kappa shape index (κ3) is 3.51. The molecule has 0 aliphatic heterocycles. The van der Waals surface area contributed by atoms with Gasteiger partial charge in [0.2, 0.25) is 0 Å². The summed E-state index contributed by atoms with van der Waals surface area (Å²) in [7, 11) is 0. The van der Waals surface area contributed by atoms with Gasteiger partial charge in [-0.1, -0.05) is 39.3 Å². The minimum atomic E-state index is 0.303. The molecule has 0 saturated heterocycles. The Kier molecular flexibility index (Phi) is 4.86. The summed E-state index contributed by atoms with van der Waals surface area (Å²) in [5.41, 5.74) is 3.00. The van der Waals surface area contributed by atoms with Crippen molar-refractivity contribution in [2.45, 2.75) is 39.7 Å². The molecule has 0 spiro atoms. The van der Waals surface area contributed by atoms with Crippen molar-refractivity contribution in [3.05, 3.63) is 36.2 Å². The van der Waals surface area contributed by atoms with Crippen molar-refractivity contribution in [3.8, 4) is 0 Å². The Balaban J connectivity index is 2.27. The zero-order valence-electron chi connectivity index (χ0n) is 12.1. The molecule has 0 aliphatic carbocycles. The highest BCUT2D eigenvalue weighted by Crippen LogP contribution is 2.22. The van der Waals surface area contributed by atoms with E-state index in [9.17, 15) is 0 Å². The highest BCUT2D eigenvalue weighted by atomic mass is 14.9. The van der Waals surface area contributed by atoms with Crippen LogP contribution in [-0.2, 0) is 0 Å². The van der Waals surface area contributed by atoms with Gasteiger partial charge in [0.25, 0.3) is 0 Å². The maximum atomic E-state index is 4.76. The fourth-order valence-corrected chi connectivity index (χ4v) is 2.26. The Morgan fingerprint density at radius 2 is 1.89 bits per heavy atom. The van der Waals surface area contributed by atoms with Crippen molar-refractivity contribution in [2.24, 2.45) is 5.92 Å². The molecule has 102 valence electrons. The molecular formula is C16H23N3. The SMILES string of the molecule is CCNC(CC(C)CC)c1cnc2ccccc2n1. The largest absolute Gasteiger partial charge is 0.309 e. The molecule has 1 N–H and O–H groups in total. The van der Waals surface area contributed by atoms with Gasteiger partial charge in [0.05, 0.1) is 29.0 Å². The lowest BCUT2D eigenvalue weighted by Gasteiger charge is -2.20. The van der Waals surface area contributed by atoms with Gasteiger partial charge in [0.15, 0.2) is 0 Å². The van der Waals surface area contributed by atoms with Crippen LogP contribution in [0.3, 0.4) is 0 Å². The Bertz CT molecular complexity index is 524. The predicted molar refractivity (Wildman–Crippen MR) is 80.0 cm³/mol. The molecule has 3 heteroatoms. The van der Waals surface area contributed by atoms with Gasteiger partial charge in [-0.2, -0.15) is 0 Å². The summed E-state index contributed by atoms with van der Waals surface area (Å²) in [6, 6.07) is 8.34. The molecule has 1 aromatic carbocycles. The van der Waals surface area contributed by atoms with E-state index in [1.165, 1.54) is 6.42 Å². The lowest BCUT2D eigenvalue weighted by molar-refractivity contribution is 0.402. The number of nitrogens with one attached hydrogen (secondary N) is 1. The Morgan fingerprint density at radius 3 is 2.58 bits per heavy atom. The van der Waals surface area contributed by atoms with Crippen LogP contribution in [0.15, 0.2) is 30.5 Å². The second kappa shape index (κ2) is 6.62. The van der Waals surface area contributed by atoms with E-state index in [1.54, 1.807) is 0 Å². The molecule has 0 aliphatic rings.